The van der Waals surface area contributed by atoms with Gasteiger partial charge in [-0.1, -0.05) is 0 Å². The Balaban J connectivity index is 1.41. The number of halogens is 3. The van der Waals surface area contributed by atoms with E-state index in [0.717, 1.165) is 49.6 Å². The summed E-state index contributed by atoms with van der Waals surface area (Å²) < 4.78 is 45.1. The number of hydrogen-bond acceptors (Lipinski definition) is 7. The van der Waals surface area contributed by atoms with Crippen molar-refractivity contribution in [2.75, 3.05) is 23.3 Å². The summed E-state index contributed by atoms with van der Waals surface area (Å²) in [6, 6.07) is 3.96. The number of aromatic nitrogens is 4. The topological polar surface area (TPSA) is 102 Å². The van der Waals surface area contributed by atoms with Gasteiger partial charge >= 0.3 is 12.1 Å². The van der Waals surface area contributed by atoms with Crippen LogP contribution < -0.4 is 10.2 Å². The summed E-state index contributed by atoms with van der Waals surface area (Å²) in [5.74, 6) is 0.612. The average Bonchev–Trinajstić information content (AvgIpc) is 3.25. The second kappa shape index (κ2) is 10.8. The Morgan fingerprint density at radius 1 is 1.11 bits per heavy atom. The van der Waals surface area contributed by atoms with E-state index in [1.165, 1.54) is 23.9 Å². The van der Waals surface area contributed by atoms with Crippen LogP contribution in [0.5, 0.6) is 0 Å². The Morgan fingerprint density at radius 3 is 2.39 bits per heavy atom. The third-order valence-corrected chi connectivity index (χ3v) is 6.71. The van der Waals surface area contributed by atoms with E-state index in [2.05, 4.69) is 25.3 Å². The molecular formula is C26H29F3N6O3. The monoisotopic (exact) mass is 530 g/mol. The van der Waals surface area contributed by atoms with Crippen molar-refractivity contribution in [2.24, 2.45) is 5.92 Å². The number of amides is 1. The summed E-state index contributed by atoms with van der Waals surface area (Å²) in [6.45, 7) is 8.47. The molecule has 3 aromatic heterocycles. The van der Waals surface area contributed by atoms with Gasteiger partial charge in [0.25, 0.3) is 5.91 Å². The Kier molecular flexibility index (Phi) is 7.70. The van der Waals surface area contributed by atoms with Crippen LogP contribution in [0.2, 0.25) is 0 Å². The van der Waals surface area contributed by atoms with Crippen LogP contribution in [0.3, 0.4) is 0 Å². The van der Waals surface area contributed by atoms with Crippen molar-refractivity contribution in [1.29, 1.82) is 0 Å². The SMILES string of the molecule is CC(=O)OC(C)C1CCN(c2ncc(NC(=O)c3cnn(-c4ccc(C(F)(F)F)cn4)c3C)cc2C)CC1. The molecule has 38 heavy (non-hydrogen) atoms. The lowest BCUT2D eigenvalue weighted by Crippen LogP contribution is -2.39. The highest BCUT2D eigenvalue weighted by molar-refractivity contribution is 6.05. The molecule has 202 valence electrons. The summed E-state index contributed by atoms with van der Waals surface area (Å²) in [6.07, 6.45) is 0.817. The van der Waals surface area contributed by atoms with Crippen molar-refractivity contribution in [3.63, 3.8) is 0 Å². The number of ether oxygens (including phenoxy) is 1. The zero-order chi connectivity index (χ0) is 27.6. The van der Waals surface area contributed by atoms with E-state index >= 15 is 0 Å². The van der Waals surface area contributed by atoms with Gasteiger partial charge in [0, 0.05) is 26.2 Å². The molecule has 12 heteroatoms. The quantitative estimate of drug-likeness (QED) is 0.460. The molecule has 0 spiro atoms. The first-order valence-corrected chi connectivity index (χ1v) is 12.2. The van der Waals surface area contributed by atoms with Gasteiger partial charge in [-0.3, -0.25) is 9.59 Å². The fourth-order valence-corrected chi connectivity index (χ4v) is 4.65. The molecule has 0 aromatic carbocycles. The maximum Gasteiger partial charge on any atom is 0.417 e. The largest absolute Gasteiger partial charge is 0.463 e. The molecule has 1 aliphatic rings. The molecule has 0 radical (unpaired) electrons. The van der Waals surface area contributed by atoms with E-state index in [4.69, 9.17) is 4.74 Å². The van der Waals surface area contributed by atoms with Gasteiger partial charge in [-0.05, 0) is 63.3 Å². The number of nitrogens with one attached hydrogen (secondary N) is 1. The van der Waals surface area contributed by atoms with Crippen molar-refractivity contribution in [1.82, 2.24) is 19.7 Å². The summed E-state index contributed by atoms with van der Waals surface area (Å²) in [4.78, 5) is 34.8. The first-order valence-electron chi connectivity index (χ1n) is 12.2. The minimum atomic E-state index is -4.49. The number of nitrogens with zero attached hydrogens (tertiary/aromatic N) is 5. The molecule has 1 unspecified atom stereocenters. The molecule has 1 aliphatic heterocycles. The molecule has 1 saturated heterocycles. The highest BCUT2D eigenvalue weighted by Crippen LogP contribution is 2.30. The number of carbonyl (C=O) groups is 2. The number of piperidine rings is 1. The van der Waals surface area contributed by atoms with E-state index in [9.17, 15) is 22.8 Å². The molecular weight excluding hydrogens is 501 g/mol. The Morgan fingerprint density at radius 2 is 1.82 bits per heavy atom. The Labute approximate surface area is 218 Å². The van der Waals surface area contributed by atoms with Gasteiger partial charge in [0.2, 0.25) is 0 Å². The lowest BCUT2D eigenvalue weighted by Gasteiger charge is -2.35. The Hall–Kier alpha value is -3.96. The molecule has 4 rings (SSSR count). The number of anilines is 2. The molecule has 0 saturated carbocycles. The number of carbonyl (C=O) groups excluding carboxylic acids is 2. The molecule has 3 aromatic rings. The van der Waals surface area contributed by atoms with Crippen molar-refractivity contribution in [3.05, 3.63) is 59.2 Å². The molecule has 1 N–H and O–H groups in total. The molecule has 1 fully saturated rings. The number of rotatable bonds is 6. The molecule has 0 bridgehead atoms. The maximum atomic E-state index is 12.9. The normalized spacial score (nSPS) is 15.3. The van der Waals surface area contributed by atoms with Crippen LogP contribution in [0.25, 0.3) is 5.82 Å². The third-order valence-electron chi connectivity index (χ3n) is 6.71. The van der Waals surface area contributed by atoms with Crippen molar-refractivity contribution >= 4 is 23.4 Å². The van der Waals surface area contributed by atoms with Crippen LogP contribution >= 0.6 is 0 Å². The van der Waals surface area contributed by atoms with Gasteiger partial charge in [-0.15, -0.1) is 0 Å². The van der Waals surface area contributed by atoms with E-state index in [1.54, 1.807) is 13.1 Å². The van der Waals surface area contributed by atoms with Crippen LogP contribution in [0.1, 0.15) is 53.9 Å². The summed E-state index contributed by atoms with van der Waals surface area (Å²) in [5, 5.41) is 6.94. The second-order valence-corrected chi connectivity index (χ2v) is 9.42. The second-order valence-electron chi connectivity index (χ2n) is 9.42. The van der Waals surface area contributed by atoms with E-state index in [1.807, 2.05) is 19.9 Å². The number of aryl methyl sites for hydroxylation is 1. The van der Waals surface area contributed by atoms with Gasteiger partial charge in [0.15, 0.2) is 5.82 Å². The van der Waals surface area contributed by atoms with E-state index in [-0.39, 0.29) is 23.5 Å². The van der Waals surface area contributed by atoms with Crippen molar-refractivity contribution in [2.45, 2.75) is 52.8 Å². The zero-order valence-corrected chi connectivity index (χ0v) is 21.5. The average molecular weight is 531 g/mol. The minimum absolute atomic E-state index is 0.121. The van der Waals surface area contributed by atoms with Crippen LogP contribution in [0, 0.1) is 19.8 Å². The van der Waals surface area contributed by atoms with Gasteiger partial charge < -0.3 is 15.0 Å². The number of pyridine rings is 2. The summed E-state index contributed by atoms with van der Waals surface area (Å²) >= 11 is 0. The van der Waals surface area contributed by atoms with Gasteiger partial charge in [0.05, 0.1) is 34.9 Å². The number of esters is 1. The smallest absolute Gasteiger partial charge is 0.417 e. The van der Waals surface area contributed by atoms with Crippen LogP contribution in [-0.4, -0.2) is 50.8 Å². The molecule has 1 atom stereocenters. The summed E-state index contributed by atoms with van der Waals surface area (Å²) in [7, 11) is 0. The van der Waals surface area contributed by atoms with E-state index in [0.29, 0.717) is 17.3 Å². The van der Waals surface area contributed by atoms with Crippen LogP contribution in [0.4, 0.5) is 24.7 Å². The van der Waals surface area contributed by atoms with Crippen molar-refractivity contribution < 1.29 is 27.5 Å². The molecule has 9 nitrogen and oxygen atoms in total. The first-order chi connectivity index (χ1) is 17.9. The van der Waals surface area contributed by atoms with Gasteiger partial charge in [0.1, 0.15) is 11.9 Å². The van der Waals surface area contributed by atoms with Crippen molar-refractivity contribution in [3.8, 4) is 5.82 Å². The minimum Gasteiger partial charge on any atom is -0.463 e. The molecule has 0 aliphatic carbocycles. The third kappa shape index (κ3) is 5.95. The molecule has 1 amide bonds. The maximum absolute atomic E-state index is 12.9. The fourth-order valence-electron chi connectivity index (χ4n) is 4.65. The lowest BCUT2D eigenvalue weighted by molar-refractivity contribution is -0.148. The molecule has 4 heterocycles. The summed E-state index contributed by atoms with van der Waals surface area (Å²) in [5.41, 5.74) is 1.24. The van der Waals surface area contributed by atoms with Gasteiger partial charge in [-0.2, -0.15) is 18.3 Å². The lowest BCUT2D eigenvalue weighted by atomic mass is 9.92. The first kappa shape index (κ1) is 27.1. The predicted octanol–water partition coefficient (Wildman–Crippen LogP) is 4.72. The standard InChI is InChI=1S/C26H29F3N6O3/c1-15-11-21(13-31-24(15)34-9-7-19(8-10-34)17(3)38-18(4)36)33-25(37)22-14-32-35(16(22)2)23-6-5-20(12-30-23)26(27,28)29/h5-6,11-14,17,19H,7-10H2,1-4H3,(H,33,37). The van der Waals surface area contributed by atoms with Crippen LogP contribution in [-0.2, 0) is 15.7 Å². The zero-order valence-electron chi connectivity index (χ0n) is 21.5. The van der Waals surface area contributed by atoms with E-state index < -0.39 is 17.6 Å². The highest BCUT2D eigenvalue weighted by atomic mass is 19.4. The number of hydrogen-bond donors (Lipinski definition) is 1. The number of alkyl halides is 3. The predicted molar refractivity (Wildman–Crippen MR) is 134 cm³/mol. The van der Waals surface area contributed by atoms with Crippen LogP contribution in [0.15, 0.2) is 36.8 Å². The Bertz CT molecular complexity index is 1310. The highest BCUT2D eigenvalue weighted by Gasteiger charge is 2.31. The van der Waals surface area contributed by atoms with Gasteiger partial charge in [-0.25, -0.2) is 14.6 Å². The fraction of sp³-hybridized carbons (Fsp3) is 0.423.